The summed E-state index contributed by atoms with van der Waals surface area (Å²) in [4.78, 5) is 29.1. The molecule has 1 saturated heterocycles. The number of piperidine rings is 1. The van der Waals surface area contributed by atoms with Crippen LogP contribution in [0.15, 0.2) is 30.3 Å². The average Bonchev–Trinajstić information content (AvgIpc) is 2.73. The van der Waals surface area contributed by atoms with Crippen molar-refractivity contribution in [2.75, 3.05) is 27.2 Å². The number of carbonyl (C=O) groups excluding carboxylic acids is 2. The van der Waals surface area contributed by atoms with Crippen molar-refractivity contribution in [3.05, 3.63) is 35.9 Å². The molecule has 1 fully saturated rings. The highest BCUT2D eigenvalue weighted by Crippen LogP contribution is 2.24. The van der Waals surface area contributed by atoms with Gasteiger partial charge in [-0.15, -0.1) is 0 Å². The molecule has 0 aromatic heterocycles. The maximum absolute atomic E-state index is 13.2. The van der Waals surface area contributed by atoms with E-state index in [4.69, 9.17) is 10.8 Å². The molecule has 6 nitrogen and oxygen atoms in total. The molecule has 1 aromatic carbocycles. The number of rotatable bonds is 7. The first-order valence-corrected chi connectivity index (χ1v) is 9.40. The lowest BCUT2D eigenvalue weighted by atomic mass is 9.95. The molecule has 27 heavy (non-hydrogen) atoms. The summed E-state index contributed by atoms with van der Waals surface area (Å²) < 4.78 is 18.6. The topological polar surface area (TPSA) is 59.1 Å². The van der Waals surface area contributed by atoms with E-state index >= 15 is 0 Å². The summed E-state index contributed by atoms with van der Waals surface area (Å²) in [6.07, 6.45) is 1.95. The molecule has 1 aliphatic heterocycles. The van der Waals surface area contributed by atoms with E-state index in [1.807, 2.05) is 44.2 Å². The lowest BCUT2D eigenvalue weighted by Gasteiger charge is -2.43. The zero-order chi connectivity index (χ0) is 20.7. The minimum absolute atomic E-state index is 0.151. The Morgan fingerprint density at radius 3 is 2.48 bits per heavy atom. The highest BCUT2D eigenvalue weighted by Gasteiger charge is 2.40. The zero-order valence-corrected chi connectivity index (χ0v) is 16.8. The van der Waals surface area contributed by atoms with Crippen LogP contribution in [0.1, 0.15) is 40.5 Å². The third-order valence-corrected chi connectivity index (χ3v) is 5.38. The van der Waals surface area contributed by atoms with Crippen molar-refractivity contribution in [2.24, 2.45) is 0 Å². The fourth-order valence-corrected chi connectivity index (χ4v) is 3.29. The summed E-state index contributed by atoms with van der Waals surface area (Å²) in [5.41, 5.74) is 0.0847. The smallest absolute Gasteiger partial charge is 0.328 e. The lowest BCUT2D eigenvalue weighted by Crippen LogP contribution is -2.59. The van der Waals surface area contributed by atoms with Gasteiger partial charge in [-0.2, -0.15) is 0 Å². The van der Waals surface area contributed by atoms with Gasteiger partial charge in [0.15, 0.2) is 0 Å². The van der Waals surface area contributed by atoms with Crippen LogP contribution in [0, 0.1) is 0 Å². The molecule has 150 valence electrons. The van der Waals surface area contributed by atoms with Gasteiger partial charge in [0, 0.05) is 28.6 Å². The summed E-state index contributed by atoms with van der Waals surface area (Å²) in [6, 6.07) is 8.58. The zero-order valence-electron chi connectivity index (χ0n) is 17.8. The van der Waals surface area contributed by atoms with E-state index in [1.54, 1.807) is 14.0 Å². The fraction of sp³-hybridized carbons (Fsp3) is 0.619. The summed E-state index contributed by atoms with van der Waals surface area (Å²) in [5.74, 6) is -0.735. The Hall–Kier alpha value is -1.92. The van der Waals surface area contributed by atoms with Crippen molar-refractivity contribution in [1.29, 1.82) is 0 Å². The average molecular weight is 378 g/mol. The molecule has 1 aliphatic rings. The number of carbonyl (C=O) groups is 2. The highest BCUT2D eigenvalue weighted by molar-refractivity contribution is 5.89. The number of likely N-dealkylation sites (tertiary alicyclic amines) is 1. The van der Waals surface area contributed by atoms with Gasteiger partial charge in [0.2, 0.25) is 5.91 Å². The molecule has 0 bridgehead atoms. The Bertz CT molecular complexity index is 645. The summed E-state index contributed by atoms with van der Waals surface area (Å²) >= 11 is 0. The molecule has 1 atom stereocenters. The normalized spacial score (nSPS) is 17.9. The predicted molar refractivity (Wildman–Crippen MR) is 104 cm³/mol. The molecular formula is C21H32N2O4. The van der Waals surface area contributed by atoms with Gasteiger partial charge in [0.05, 0.1) is 11.6 Å². The van der Waals surface area contributed by atoms with E-state index in [0.717, 1.165) is 31.5 Å². The second-order valence-corrected chi connectivity index (χ2v) is 7.53. The largest absolute Gasteiger partial charge is 0.459 e. The van der Waals surface area contributed by atoms with Crippen LogP contribution in [0.25, 0.3) is 0 Å². The minimum Gasteiger partial charge on any atom is -0.459 e. The summed E-state index contributed by atoms with van der Waals surface area (Å²) in [7, 11) is 1.42. The maximum atomic E-state index is 13.2. The van der Waals surface area contributed by atoms with Crippen molar-refractivity contribution in [2.45, 2.75) is 57.9 Å². The van der Waals surface area contributed by atoms with Gasteiger partial charge in [0.25, 0.3) is 0 Å². The second-order valence-electron chi connectivity index (χ2n) is 7.53. The number of ether oxygens (including phenoxy) is 2. The van der Waals surface area contributed by atoms with Crippen LogP contribution >= 0.6 is 0 Å². The summed E-state index contributed by atoms with van der Waals surface area (Å²) in [6.45, 7) is 6.97. The van der Waals surface area contributed by atoms with Gasteiger partial charge in [0.1, 0.15) is 12.6 Å². The van der Waals surface area contributed by atoms with Gasteiger partial charge >= 0.3 is 5.97 Å². The fourth-order valence-electron chi connectivity index (χ4n) is 3.29. The van der Waals surface area contributed by atoms with E-state index in [0.29, 0.717) is 0 Å². The first-order chi connectivity index (χ1) is 13.3. The van der Waals surface area contributed by atoms with Gasteiger partial charge < -0.3 is 14.4 Å². The van der Waals surface area contributed by atoms with Crippen LogP contribution in [-0.4, -0.2) is 66.6 Å². The first-order valence-electron chi connectivity index (χ1n) is 10.1. The SMILES string of the molecule is [2H]CN(C(=O)C(C)(C)N1CCC(OC)CC1)[C@@H](C)C(=O)OCc1ccccc1. The predicted octanol–water partition coefficient (Wildman–Crippen LogP) is 2.47. The van der Waals surface area contributed by atoms with Crippen molar-refractivity contribution in [3.63, 3.8) is 0 Å². The number of likely N-dealkylation sites (N-methyl/N-ethyl adjacent to an activating group) is 1. The molecule has 0 radical (unpaired) electrons. The first kappa shape index (κ1) is 19.8. The van der Waals surface area contributed by atoms with Crippen molar-refractivity contribution in [1.82, 2.24) is 9.80 Å². The molecule has 1 amide bonds. The number of amides is 1. The van der Waals surface area contributed by atoms with Crippen LogP contribution in [0.4, 0.5) is 0 Å². The number of benzene rings is 1. The minimum atomic E-state index is -0.815. The van der Waals surface area contributed by atoms with E-state index in [2.05, 4.69) is 4.90 Å². The molecule has 0 unspecified atom stereocenters. The number of hydrogen-bond acceptors (Lipinski definition) is 5. The van der Waals surface area contributed by atoms with Gasteiger partial charge in [-0.1, -0.05) is 30.3 Å². The summed E-state index contributed by atoms with van der Waals surface area (Å²) in [5, 5.41) is 0. The van der Waals surface area contributed by atoms with E-state index < -0.39 is 17.6 Å². The second kappa shape index (κ2) is 9.33. The molecule has 0 aliphatic carbocycles. The monoisotopic (exact) mass is 377 g/mol. The number of esters is 1. The maximum Gasteiger partial charge on any atom is 0.328 e. The van der Waals surface area contributed by atoms with E-state index in [9.17, 15) is 9.59 Å². The molecule has 6 heteroatoms. The van der Waals surface area contributed by atoms with Crippen LogP contribution < -0.4 is 0 Å². The third-order valence-electron chi connectivity index (χ3n) is 5.38. The Morgan fingerprint density at radius 2 is 1.93 bits per heavy atom. The van der Waals surface area contributed by atoms with Crippen LogP contribution in [0.5, 0.6) is 0 Å². The standard InChI is InChI=1S/C21H32N2O4/c1-16(19(24)27-15-17-9-7-6-8-10-17)22(4)20(25)21(2,3)23-13-11-18(26-5)12-14-23/h6-10,16,18H,11-15H2,1-5H3/t16-/m0/s1/i4D. The molecule has 0 spiro atoms. The molecule has 0 N–H and O–H groups in total. The number of hydrogen-bond donors (Lipinski definition) is 0. The van der Waals surface area contributed by atoms with Gasteiger partial charge in [-0.25, -0.2) is 4.79 Å². The number of nitrogens with zero attached hydrogens (tertiary/aromatic N) is 2. The van der Waals surface area contributed by atoms with E-state index in [1.165, 1.54) is 4.90 Å². The Labute approximate surface area is 163 Å². The lowest BCUT2D eigenvalue weighted by molar-refractivity contribution is -0.158. The molecule has 1 heterocycles. The molecule has 0 saturated carbocycles. The van der Waals surface area contributed by atoms with Gasteiger partial charge in [-0.05, 0) is 39.2 Å². The van der Waals surface area contributed by atoms with Crippen LogP contribution in [0.3, 0.4) is 0 Å². The quantitative estimate of drug-likeness (QED) is 0.683. The highest BCUT2D eigenvalue weighted by atomic mass is 16.5. The molecule has 2 rings (SSSR count). The Balaban J connectivity index is 1.99. The Morgan fingerprint density at radius 1 is 1.30 bits per heavy atom. The Kier molecular flexibility index (Phi) is 6.85. The van der Waals surface area contributed by atoms with Crippen LogP contribution in [0.2, 0.25) is 0 Å². The van der Waals surface area contributed by atoms with E-state index in [-0.39, 0.29) is 25.6 Å². The third kappa shape index (κ3) is 5.30. The van der Waals surface area contributed by atoms with Gasteiger partial charge in [-0.3, -0.25) is 9.69 Å². The van der Waals surface area contributed by atoms with Crippen molar-refractivity contribution in [3.8, 4) is 0 Å². The molecular weight excluding hydrogens is 344 g/mol. The van der Waals surface area contributed by atoms with Crippen LogP contribution in [-0.2, 0) is 25.7 Å². The number of methoxy groups -OCH3 is 1. The van der Waals surface area contributed by atoms with Crippen molar-refractivity contribution < 1.29 is 20.4 Å². The molecule has 1 aromatic rings. The van der Waals surface area contributed by atoms with Crippen molar-refractivity contribution >= 4 is 11.9 Å².